The molecule has 0 saturated carbocycles. The fraction of sp³-hybridized carbons (Fsp3) is 0.214. The van der Waals surface area contributed by atoms with Crippen molar-refractivity contribution in [2.75, 3.05) is 0 Å². The minimum absolute atomic E-state index is 0.247. The van der Waals surface area contributed by atoms with Gasteiger partial charge in [-0.1, -0.05) is 24.1 Å². The molecule has 0 N–H and O–H groups in total. The van der Waals surface area contributed by atoms with E-state index in [0.717, 1.165) is 16.5 Å². The smallest absolute Gasteiger partial charge is 0.0705 e. The number of pyridine rings is 1. The molecule has 0 unspecified atom stereocenters. The molecule has 1 nitrogen and oxygen atoms in total. The highest BCUT2D eigenvalue weighted by Crippen LogP contribution is 2.28. The quantitative estimate of drug-likeness (QED) is 0.637. The van der Waals surface area contributed by atoms with Gasteiger partial charge in [-0.2, -0.15) is 0 Å². The minimum Gasteiger partial charge on any atom is -0.256 e. The van der Waals surface area contributed by atoms with E-state index in [1.54, 1.807) is 0 Å². The number of para-hydroxylation sites is 1. The fourth-order valence-corrected chi connectivity index (χ4v) is 1.72. The van der Waals surface area contributed by atoms with Gasteiger partial charge < -0.3 is 0 Å². The molecule has 1 aromatic heterocycles. The van der Waals surface area contributed by atoms with Crippen LogP contribution in [0.4, 0.5) is 0 Å². The van der Waals surface area contributed by atoms with E-state index in [4.69, 9.17) is 6.42 Å². The van der Waals surface area contributed by atoms with Gasteiger partial charge in [-0.05, 0) is 31.5 Å². The Morgan fingerprint density at radius 2 is 1.93 bits per heavy atom. The van der Waals surface area contributed by atoms with Crippen LogP contribution in [0.15, 0.2) is 36.5 Å². The standard InChI is InChI=1S/C14H13N/c1-4-14(2,3)12-9-10-15-13-8-6-5-7-11(12)13/h1,5-10H,2-3H3. The number of aromatic nitrogens is 1. The maximum absolute atomic E-state index is 5.56. The summed E-state index contributed by atoms with van der Waals surface area (Å²) < 4.78 is 0. The Morgan fingerprint density at radius 1 is 1.20 bits per heavy atom. The van der Waals surface area contributed by atoms with Crippen LogP contribution in [0.3, 0.4) is 0 Å². The molecule has 0 aliphatic heterocycles. The first-order valence-electron chi connectivity index (χ1n) is 4.97. The monoisotopic (exact) mass is 195 g/mol. The number of nitrogens with zero attached hydrogens (tertiary/aromatic N) is 1. The van der Waals surface area contributed by atoms with E-state index in [0.29, 0.717) is 0 Å². The molecule has 0 atom stereocenters. The first kappa shape index (κ1) is 9.73. The van der Waals surface area contributed by atoms with E-state index in [-0.39, 0.29) is 5.41 Å². The Kier molecular flexibility index (Phi) is 2.21. The number of benzene rings is 1. The van der Waals surface area contributed by atoms with E-state index in [2.05, 4.69) is 30.8 Å². The van der Waals surface area contributed by atoms with Crippen LogP contribution in [0.5, 0.6) is 0 Å². The zero-order valence-corrected chi connectivity index (χ0v) is 8.99. The molecule has 1 aromatic carbocycles. The third kappa shape index (κ3) is 1.59. The third-order valence-electron chi connectivity index (χ3n) is 2.68. The largest absolute Gasteiger partial charge is 0.256 e. The van der Waals surface area contributed by atoms with Gasteiger partial charge in [0.05, 0.1) is 10.9 Å². The lowest BCUT2D eigenvalue weighted by molar-refractivity contribution is 0.705. The van der Waals surface area contributed by atoms with Crippen LogP contribution in [0.25, 0.3) is 10.9 Å². The number of terminal acetylenes is 1. The third-order valence-corrected chi connectivity index (χ3v) is 2.68. The highest BCUT2D eigenvalue weighted by molar-refractivity contribution is 5.83. The fourth-order valence-electron chi connectivity index (χ4n) is 1.72. The molecule has 0 aliphatic rings. The van der Waals surface area contributed by atoms with E-state index in [1.807, 2.05) is 30.5 Å². The first-order valence-corrected chi connectivity index (χ1v) is 4.97. The van der Waals surface area contributed by atoms with Gasteiger partial charge in [0, 0.05) is 11.6 Å². The summed E-state index contributed by atoms with van der Waals surface area (Å²) in [7, 11) is 0. The van der Waals surface area contributed by atoms with Gasteiger partial charge in [0.2, 0.25) is 0 Å². The van der Waals surface area contributed by atoms with Gasteiger partial charge >= 0.3 is 0 Å². The number of hydrogen-bond acceptors (Lipinski definition) is 1. The summed E-state index contributed by atoms with van der Waals surface area (Å²) in [6.45, 7) is 4.10. The predicted octanol–water partition coefficient (Wildman–Crippen LogP) is 3.15. The summed E-state index contributed by atoms with van der Waals surface area (Å²) in [5.74, 6) is 2.82. The maximum atomic E-state index is 5.56. The first-order chi connectivity index (χ1) is 7.15. The molecule has 0 saturated heterocycles. The zero-order chi connectivity index (χ0) is 10.9. The van der Waals surface area contributed by atoms with E-state index < -0.39 is 0 Å². The average molecular weight is 195 g/mol. The molecule has 0 bridgehead atoms. The van der Waals surface area contributed by atoms with Crippen LogP contribution < -0.4 is 0 Å². The number of hydrogen-bond donors (Lipinski definition) is 0. The van der Waals surface area contributed by atoms with Crippen molar-refractivity contribution >= 4 is 10.9 Å². The molecule has 0 radical (unpaired) electrons. The van der Waals surface area contributed by atoms with Crippen molar-refractivity contribution in [1.29, 1.82) is 0 Å². The molecule has 0 amide bonds. The van der Waals surface area contributed by atoms with E-state index in [1.165, 1.54) is 0 Å². The maximum Gasteiger partial charge on any atom is 0.0705 e. The molecule has 15 heavy (non-hydrogen) atoms. The molecular formula is C14H13N. The highest BCUT2D eigenvalue weighted by atomic mass is 14.6. The Morgan fingerprint density at radius 3 is 2.67 bits per heavy atom. The topological polar surface area (TPSA) is 12.9 Å². The van der Waals surface area contributed by atoms with E-state index in [9.17, 15) is 0 Å². The number of fused-ring (bicyclic) bond motifs is 1. The second-order valence-electron chi connectivity index (χ2n) is 4.14. The molecular weight excluding hydrogens is 182 g/mol. The van der Waals surface area contributed by atoms with Crippen LogP contribution in [-0.4, -0.2) is 4.98 Å². The summed E-state index contributed by atoms with van der Waals surface area (Å²) in [5.41, 5.74) is 1.91. The van der Waals surface area contributed by atoms with Crippen LogP contribution in [0.2, 0.25) is 0 Å². The summed E-state index contributed by atoms with van der Waals surface area (Å²) in [5, 5.41) is 1.14. The average Bonchev–Trinajstić information content (AvgIpc) is 2.28. The Balaban J connectivity index is 2.78. The van der Waals surface area contributed by atoms with E-state index >= 15 is 0 Å². The van der Waals surface area contributed by atoms with Crippen LogP contribution in [-0.2, 0) is 5.41 Å². The van der Waals surface area contributed by atoms with Gasteiger partial charge in [-0.25, -0.2) is 0 Å². The predicted molar refractivity (Wildman–Crippen MR) is 63.6 cm³/mol. The van der Waals surface area contributed by atoms with Crippen LogP contribution >= 0.6 is 0 Å². The van der Waals surface area contributed by atoms with Crippen molar-refractivity contribution in [2.24, 2.45) is 0 Å². The molecule has 1 heterocycles. The van der Waals surface area contributed by atoms with Crippen molar-refractivity contribution in [3.05, 3.63) is 42.1 Å². The normalized spacial score (nSPS) is 11.3. The Bertz CT molecular complexity index is 527. The van der Waals surface area contributed by atoms with Crippen molar-refractivity contribution in [3.63, 3.8) is 0 Å². The van der Waals surface area contributed by atoms with Gasteiger partial charge in [-0.3, -0.25) is 4.98 Å². The highest BCUT2D eigenvalue weighted by Gasteiger charge is 2.19. The van der Waals surface area contributed by atoms with Crippen molar-refractivity contribution in [2.45, 2.75) is 19.3 Å². The lowest BCUT2D eigenvalue weighted by atomic mass is 9.84. The lowest BCUT2D eigenvalue weighted by Crippen LogP contribution is -2.14. The molecule has 1 heteroatoms. The molecule has 0 spiro atoms. The second kappa shape index (κ2) is 3.40. The molecule has 2 aromatic rings. The Hall–Kier alpha value is -1.81. The lowest BCUT2D eigenvalue weighted by Gasteiger charge is -2.19. The summed E-state index contributed by atoms with van der Waals surface area (Å²) >= 11 is 0. The number of rotatable bonds is 1. The van der Waals surface area contributed by atoms with Gasteiger partial charge in [0.25, 0.3) is 0 Å². The van der Waals surface area contributed by atoms with Crippen LogP contribution in [0, 0.1) is 12.3 Å². The SMILES string of the molecule is C#CC(C)(C)c1ccnc2ccccc12. The van der Waals surface area contributed by atoms with Gasteiger partial charge in [-0.15, -0.1) is 6.42 Å². The summed E-state index contributed by atoms with van der Waals surface area (Å²) in [4.78, 5) is 4.32. The van der Waals surface area contributed by atoms with Crippen molar-refractivity contribution in [1.82, 2.24) is 4.98 Å². The molecule has 74 valence electrons. The Labute approximate surface area is 90.2 Å². The van der Waals surface area contributed by atoms with Gasteiger partial charge in [0.15, 0.2) is 0 Å². The summed E-state index contributed by atoms with van der Waals surface area (Å²) in [6, 6.07) is 10.1. The molecule has 0 fully saturated rings. The second-order valence-corrected chi connectivity index (χ2v) is 4.14. The molecule has 0 aliphatic carbocycles. The van der Waals surface area contributed by atoms with Crippen molar-refractivity contribution in [3.8, 4) is 12.3 Å². The summed E-state index contributed by atoms with van der Waals surface area (Å²) in [6.07, 6.45) is 7.38. The zero-order valence-electron chi connectivity index (χ0n) is 8.99. The van der Waals surface area contributed by atoms with Gasteiger partial charge in [0.1, 0.15) is 0 Å². The minimum atomic E-state index is -0.247. The van der Waals surface area contributed by atoms with Crippen LogP contribution in [0.1, 0.15) is 19.4 Å². The molecule has 2 rings (SSSR count). The van der Waals surface area contributed by atoms with Crippen molar-refractivity contribution < 1.29 is 0 Å².